The maximum absolute atomic E-state index is 13.0. The number of esters is 1. The molecule has 0 saturated heterocycles. The Morgan fingerprint density at radius 1 is 1.31 bits per heavy atom. The Morgan fingerprint density at radius 2 is 1.93 bits per heavy atom. The van der Waals surface area contributed by atoms with Gasteiger partial charge in [0.1, 0.15) is 17.9 Å². The molecule has 156 valence electrons. The lowest BCUT2D eigenvalue weighted by Gasteiger charge is -2.17. The fourth-order valence-electron chi connectivity index (χ4n) is 2.59. The SMILES string of the molecule is Cc1nn(CC(=O)O[C@@H](C)C(=O)Nc2ccccc2C(F)(F)F)c(C)c1[N+](=O)[O-]. The van der Waals surface area contributed by atoms with Crippen LogP contribution in [0.2, 0.25) is 0 Å². The van der Waals surface area contributed by atoms with Crippen molar-refractivity contribution in [3.63, 3.8) is 0 Å². The number of halogens is 3. The van der Waals surface area contributed by atoms with Crippen LogP contribution in [0.3, 0.4) is 0 Å². The van der Waals surface area contributed by atoms with Crippen molar-refractivity contribution in [1.29, 1.82) is 0 Å². The van der Waals surface area contributed by atoms with Gasteiger partial charge in [-0.2, -0.15) is 18.3 Å². The topological polar surface area (TPSA) is 116 Å². The predicted molar refractivity (Wildman–Crippen MR) is 94.0 cm³/mol. The van der Waals surface area contributed by atoms with Gasteiger partial charge in [0.15, 0.2) is 6.10 Å². The van der Waals surface area contributed by atoms with Crippen molar-refractivity contribution < 1.29 is 32.4 Å². The van der Waals surface area contributed by atoms with Gasteiger partial charge in [-0.25, -0.2) is 0 Å². The number of hydrogen-bond donors (Lipinski definition) is 1. The molecule has 1 amide bonds. The van der Waals surface area contributed by atoms with E-state index < -0.39 is 46.9 Å². The van der Waals surface area contributed by atoms with E-state index in [1.54, 1.807) is 0 Å². The molecule has 0 radical (unpaired) electrons. The quantitative estimate of drug-likeness (QED) is 0.441. The maximum atomic E-state index is 13.0. The first-order valence-electron chi connectivity index (χ1n) is 8.26. The molecule has 0 bridgehead atoms. The van der Waals surface area contributed by atoms with Crippen molar-refractivity contribution in [3.8, 4) is 0 Å². The Labute approximate surface area is 162 Å². The third-order valence-corrected chi connectivity index (χ3v) is 3.97. The second kappa shape index (κ2) is 8.29. The normalized spacial score (nSPS) is 12.3. The number of carbonyl (C=O) groups is 2. The summed E-state index contributed by atoms with van der Waals surface area (Å²) >= 11 is 0. The number of anilines is 1. The zero-order valence-electron chi connectivity index (χ0n) is 15.6. The number of alkyl halides is 3. The molecule has 1 aromatic carbocycles. The minimum absolute atomic E-state index is 0.106. The van der Waals surface area contributed by atoms with E-state index in [1.165, 1.54) is 32.9 Å². The van der Waals surface area contributed by atoms with Gasteiger partial charge in [0, 0.05) is 0 Å². The van der Waals surface area contributed by atoms with Crippen molar-refractivity contribution in [2.24, 2.45) is 0 Å². The summed E-state index contributed by atoms with van der Waals surface area (Å²) < 4.78 is 44.9. The van der Waals surface area contributed by atoms with E-state index in [4.69, 9.17) is 4.74 Å². The highest BCUT2D eigenvalue weighted by Crippen LogP contribution is 2.34. The molecule has 1 heterocycles. The molecule has 12 heteroatoms. The molecule has 2 rings (SSSR count). The minimum atomic E-state index is -4.67. The summed E-state index contributed by atoms with van der Waals surface area (Å²) in [7, 11) is 0. The Morgan fingerprint density at radius 3 is 2.48 bits per heavy atom. The molecule has 1 atom stereocenters. The van der Waals surface area contributed by atoms with Crippen LogP contribution in [0, 0.1) is 24.0 Å². The zero-order chi connectivity index (χ0) is 21.9. The number of nitrogens with zero attached hydrogens (tertiary/aromatic N) is 3. The van der Waals surface area contributed by atoms with E-state index in [0.717, 1.165) is 16.8 Å². The highest BCUT2D eigenvalue weighted by Gasteiger charge is 2.34. The number of nitro groups is 1. The number of aryl methyl sites for hydroxylation is 1. The molecule has 1 aromatic heterocycles. The second-order valence-electron chi connectivity index (χ2n) is 6.10. The van der Waals surface area contributed by atoms with Gasteiger partial charge in [-0.15, -0.1) is 0 Å². The molecule has 1 N–H and O–H groups in total. The standard InChI is InChI=1S/C17H17F3N4O5/c1-9-15(24(27)28)10(2)23(22-9)8-14(25)29-11(3)16(26)21-13-7-5-4-6-12(13)17(18,19)20/h4-7,11H,8H2,1-3H3,(H,21,26)/t11-/m0/s1. The molecular weight excluding hydrogens is 397 g/mol. The Bertz CT molecular complexity index is 955. The fraction of sp³-hybridized carbons (Fsp3) is 0.353. The van der Waals surface area contributed by atoms with Crippen LogP contribution < -0.4 is 5.32 Å². The number of ether oxygens (including phenoxy) is 1. The van der Waals surface area contributed by atoms with Gasteiger partial charge in [-0.3, -0.25) is 24.4 Å². The van der Waals surface area contributed by atoms with Gasteiger partial charge in [-0.1, -0.05) is 12.1 Å². The summed E-state index contributed by atoms with van der Waals surface area (Å²) in [6.45, 7) is 3.49. The Balaban J connectivity index is 2.05. The summed E-state index contributed by atoms with van der Waals surface area (Å²) in [5.74, 6) is -1.90. The van der Waals surface area contributed by atoms with E-state index in [2.05, 4.69) is 10.4 Å². The minimum Gasteiger partial charge on any atom is -0.451 e. The molecule has 29 heavy (non-hydrogen) atoms. The highest BCUT2D eigenvalue weighted by atomic mass is 19.4. The van der Waals surface area contributed by atoms with Gasteiger partial charge in [0.2, 0.25) is 0 Å². The van der Waals surface area contributed by atoms with Crippen LogP contribution >= 0.6 is 0 Å². The largest absolute Gasteiger partial charge is 0.451 e. The Kier molecular flexibility index (Phi) is 6.25. The second-order valence-corrected chi connectivity index (χ2v) is 6.10. The third kappa shape index (κ3) is 5.09. The van der Waals surface area contributed by atoms with Crippen molar-refractivity contribution in [3.05, 3.63) is 51.3 Å². The first kappa shape index (κ1) is 21.9. The van der Waals surface area contributed by atoms with Gasteiger partial charge in [0.25, 0.3) is 5.91 Å². The van der Waals surface area contributed by atoms with Crippen LogP contribution in [0.4, 0.5) is 24.5 Å². The number of rotatable bonds is 6. The smallest absolute Gasteiger partial charge is 0.418 e. The number of carbonyl (C=O) groups excluding carboxylic acids is 2. The number of aromatic nitrogens is 2. The molecule has 0 aliphatic heterocycles. The van der Waals surface area contributed by atoms with Crippen molar-refractivity contribution >= 4 is 23.3 Å². The lowest BCUT2D eigenvalue weighted by molar-refractivity contribution is -0.386. The third-order valence-electron chi connectivity index (χ3n) is 3.97. The lowest BCUT2D eigenvalue weighted by atomic mass is 10.1. The average molecular weight is 414 g/mol. The van der Waals surface area contributed by atoms with E-state index in [0.29, 0.717) is 0 Å². The first-order valence-corrected chi connectivity index (χ1v) is 8.26. The summed E-state index contributed by atoms with van der Waals surface area (Å²) in [5.41, 5.74) is -1.52. The van der Waals surface area contributed by atoms with Gasteiger partial charge < -0.3 is 10.1 Å². The molecule has 9 nitrogen and oxygen atoms in total. The van der Waals surface area contributed by atoms with Crippen LogP contribution in [0.1, 0.15) is 23.9 Å². The monoisotopic (exact) mass is 414 g/mol. The van der Waals surface area contributed by atoms with Crippen LogP contribution in [0.5, 0.6) is 0 Å². The number of para-hydroxylation sites is 1. The summed E-state index contributed by atoms with van der Waals surface area (Å²) in [4.78, 5) is 34.5. The van der Waals surface area contributed by atoms with Crippen molar-refractivity contribution in [2.75, 3.05) is 5.32 Å². The van der Waals surface area contributed by atoms with Crippen LogP contribution in [0.25, 0.3) is 0 Å². The zero-order valence-corrected chi connectivity index (χ0v) is 15.6. The molecule has 0 fully saturated rings. The summed E-state index contributed by atoms with van der Waals surface area (Å²) in [6.07, 6.45) is -6.08. The molecular formula is C17H17F3N4O5. The van der Waals surface area contributed by atoms with E-state index in [9.17, 15) is 32.9 Å². The van der Waals surface area contributed by atoms with Gasteiger partial charge in [-0.05, 0) is 32.9 Å². The molecule has 2 aromatic rings. The first-order chi connectivity index (χ1) is 13.4. The molecule has 0 aliphatic rings. The highest BCUT2D eigenvalue weighted by molar-refractivity contribution is 5.95. The molecule has 0 saturated carbocycles. The van der Waals surface area contributed by atoms with Gasteiger partial charge >= 0.3 is 17.8 Å². The average Bonchev–Trinajstić information content (AvgIpc) is 2.87. The van der Waals surface area contributed by atoms with Gasteiger partial charge in [0.05, 0.1) is 16.2 Å². The summed E-state index contributed by atoms with van der Waals surface area (Å²) in [6, 6.07) is 4.37. The number of benzene rings is 1. The summed E-state index contributed by atoms with van der Waals surface area (Å²) in [5, 5.41) is 16.9. The Hall–Kier alpha value is -3.44. The van der Waals surface area contributed by atoms with Crippen LogP contribution in [-0.2, 0) is 27.0 Å². The van der Waals surface area contributed by atoms with Crippen LogP contribution in [-0.4, -0.2) is 32.7 Å². The van der Waals surface area contributed by atoms with Crippen LogP contribution in [0.15, 0.2) is 24.3 Å². The van der Waals surface area contributed by atoms with E-state index >= 15 is 0 Å². The number of hydrogen-bond acceptors (Lipinski definition) is 6. The van der Waals surface area contributed by atoms with E-state index in [1.807, 2.05) is 0 Å². The molecule has 0 spiro atoms. The molecule has 0 unspecified atom stereocenters. The van der Waals surface area contributed by atoms with Crippen molar-refractivity contribution in [1.82, 2.24) is 9.78 Å². The number of nitrogens with one attached hydrogen (secondary N) is 1. The maximum Gasteiger partial charge on any atom is 0.418 e. The van der Waals surface area contributed by atoms with E-state index in [-0.39, 0.29) is 17.1 Å². The predicted octanol–water partition coefficient (Wildman–Crippen LogP) is 3.00. The number of amides is 1. The molecule has 0 aliphatic carbocycles. The lowest BCUT2D eigenvalue weighted by Crippen LogP contribution is -2.32. The fourth-order valence-corrected chi connectivity index (χ4v) is 2.59. The van der Waals surface area contributed by atoms with Crippen molar-refractivity contribution in [2.45, 2.75) is 39.6 Å².